The number of nitrogens with zero attached hydrogens (tertiary/aromatic N) is 1. The van der Waals surface area contributed by atoms with Crippen LogP contribution in [-0.4, -0.2) is 36.9 Å². The van der Waals surface area contributed by atoms with E-state index in [1.165, 1.54) is 5.56 Å². The van der Waals surface area contributed by atoms with Crippen LogP contribution in [0.4, 0.5) is 0 Å². The van der Waals surface area contributed by atoms with Crippen molar-refractivity contribution < 1.29 is 9.59 Å². The third kappa shape index (κ3) is 3.18. The van der Waals surface area contributed by atoms with Crippen molar-refractivity contribution in [3.8, 4) is 0 Å². The van der Waals surface area contributed by atoms with E-state index in [2.05, 4.69) is 12.2 Å². The highest BCUT2D eigenvalue weighted by molar-refractivity contribution is 5.94. The topological polar surface area (TPSA) is 49.4 Å². The highest BCUT2D eigenvalue weighted by Gasteiger charge is 2.27. The molecular weight excluding hydrogens is 252 g/mol. The molecule has 0 atom stereocenters. The minimum atomic E-state index is 0.0477. The molecule has 1 aliphatic rings. The molecule has 1 saturated heterocycles. The molecule has 0 spiro atoms. The van der Waals surface area contributed by atoms with Crippen LogP contribution in [0.5, 0.6) is 0 Å². The van der Waals surface area contributed by atoms with Crippen molar-refractivity contribution in [3.05, 3.63) is 35.4 Å². The summed E-state index contributed by atoms with van der Waals surface area (Å²) in [5.41, 5.74) is 1.97. The molecule has 0 aliphatic carbocycles. The van der Waals surface area contributed by atoms with E-state index in [-0.39, 0.29) is 17.7 Å². The van der Waals surface area contributed by atoms with Crippen molar-refractivity contribution in [1.29, 1.82) is 0 Å². The fraction of sp³-hybridized carbons (Fsp3) is 0.500. The molecule has 1 fully saturated rings. The lowest BCUT2D eigenvalue weighted by Gasteiger charge is -2.31. The van der Waals surface area contributed by atoms with E-state index in [1.54, 1.807) is 7.05 Å². The van der Waals surface area contributed by atoms with E-state index in [9.17, 15) is 9.59 Å². The van der Waals surface area contributed by atoms with Gasteiger partial charge in [-0.15, -0.1) is 0 Å². The van der Waals surface area contributed by atoms with Gasteiger partial charge in [0.1, 0.15) is 0 Å². The van der Waals surface area contributed by atoms with E-state index in [1.807, 2.05) is 29.2 Å². The minimum Gasteiger partial charge on any atom is -0.359 e. The van der Waals surface area contributed by atoms with Gasteiger partial charge in [-0.3, -0.25) is 9.59 Å². The van der Waals surface area contributed by atoms with E-state index in [0.29, 0.717) is 13.1 Å². The molecule has 4 nitrogen and oxygen atoms in total. The number of hydrogen-bond donors (Lipinski definition) is 1. The van der Waals surface area contributed by atoms with Gasteiger partial charge in [-0.05, 0) is 37.0 Å². The summed E-state index contributed by atoms with van der Waals surface area (Å²) < 4.78 is 0. The van der Waals surface area contributed by atoms with Gasteiger partial charge >= 0.3 is 0 Å². The maximum Gasteiger partial charge on any atom is 0.253 e. The Hall–Kier alpha value is -1.84. The number of nitrogens with one attached hydrogen (secondary N) is 1. The highest BCUT2D eigenvalue weighted by Crippen LogP contribution is 2.19. The summed E-state index contributed by atoms with van der Waals surface area (Å²) in [4.78, 5) is 25.8. The van der Waals surface area contributed by atoms with E-state index >= 15 is 0 Å². The predicted molar refractivity (Wildman–Crippen MR) is 78.5 cm³/mol. The summed E-state index contributed by atoms with van der Waals surface area (Å²) in [6, 6.07) is 7.80. The van der Waals surface area contributed by atoms with Crippen LogP contribution in [0, 0.1) is 5.92 Å². The number of likely N-dealkylation sites (tertiary alicyclic amines) is 1. The molecule has 0 unspecified atom stereocenters. The molecule has 1 heterocycles. The number of hydrogen-bond acceptors (Lipinski definition) is 2. The molecule has 0 saturated carbocycles. The first kappa shape index (κ1) is 14.6. The summed E-state index contributed by atoms with van der Waals surface area (Å²) in [7, 11) is 1.66. The number of amides is 2. The second-order valence-corrected chi connectivity index (χ2v) is 5.23. The molecule has 20 heavy (non-hydrogen) atoms. The van der Waals surface area contributed by atoms with Crippen LogP contribution in [0.2, 0.25) is 0 Å². The van der Waals surface area contributed by atoms with Gasteiger partial charge in [0.05, 0.1) is 0 Å². The van der Waals surface area contributed by atoms with Crippen LogP contribution in [-0.2, 0) is 11.2 Å². The van der Waals surface area contributed by atoms with Crippen molar-refractivity contribution in [1.82, 2.24) is 10.2 Å². The van der Waals surface area contributed by atoms with Crippen LogP contribution in [0.1, 0.15) is 35.7 Å². The molecule has 1 aliphatic heterocycles. The Morgan fingerprint density at radius 2 is 1.80 bits per heavy atom. The largest absolute Gasteiger partial charge is 0.359 e. The van der Waals surface area contributed by atoms with Crippen LogP contribution in [0.3, 0.4) is 0 Å². The fourth-order valence-corrected chi connectivity index (χ4v) is 2.61. The number of carbonyl (C=O) groups is 2. The first-order chi connectivity index (χ1) is 9.65. The van der Waals surface area contributed by atoms with Crippen molar-refractivity contribution in [2.75, 3.05) is 20.1 Å². The Bertz CT molecular complexity index is 474. The smallest absolute Gasteiger partial charge is 0.253 e. The summed E-state index contributed by atoms with van der Waals surface area (Å²) in [6.45, 7) is 3.42. The quantitative estimate of drug-likeness (QED) is 0.914. The third-order valence-corrected chi connectivity index (χ3v) is 4.01. The zero-order valence-electron chi connectivity index (χ0n) is 12.2. The molecular formula is C16H22N2O2. The molecule has 108 valence electrons. The number of carbonyl (C=O) groups excluding carboxylic acids is 2. The molecule has 2 rings (SSSR count). The number of benzene rings is 1. The zero-order valence-corrected chi connectivity index (χ0v) is 12.2. The lowest BCUT2D eigenvalue weighted by atomic mass is 9.95. The first-order valence-electron chi connectivity index (χ1n) is 7.25. The average molecular weight is 274 g/mol. The standard InChI is InChI=1S/C16H22N2O2/c1-3-12-4-6-14(7-5-12)16(20)18-10-8-13(9-11-18)15(19)17-2/h4-7,13H,3,8-11H2,1-2H3,(H,17,19). The Kier molecular flexibility index (Phi) is 4.77. The third-order valence-electron chi connectivity index (χ3n) is 4.01. The summed E-state index contributed by atoms with van der Waals surface area (Å²) in [5, 5.41) is 2.68. The van der Waals surface area contributed by atoms with Gasteiger partial charge in [0.2, 0.25) is 5.91 Å². The summed E-state index contributed by atoms with van der Waals surface area (Å²) >= 11 is 0. The molecule has 0 aromatic heterocycles. The Labute approximate surface area is 120 Å². The Balaban J connectivity index is 1.95. The maximum atomic E-state index is 12.4. The average Bonchev–Trinajstić information content (AvgIpc) is 2.53. The van der Waals surface area contributed by atoms with E-state index in [4.69, 9.17) is 0 Å². The van der Waals surface area contributed by atoms with Gasteiger partial charge in [-0.2, -0.15) is 0 Å². The van der Waals surface area contributed by atoms with E-state index in [0.717, 1.165) is 24.8 Å². The molecule has 4 heteroatoms. The van der Waals surface area contributed by atoms with Crippen LogP contribution < -0.4 is 5.32 Å². The van der Waals surface area contributed by atoms with Crippen molar-refractivity contribution in [2.45, 2.75) is 26.2 Å². The number of rotatable bonds is 3. The minimum absolute atomic E-state index is 0.0477. The van der Waals surface area contributed by atoms with Crippen LogP contribution in [0.15, 0.2) is 24.3 Å². The van der Waals surface area contributed by atoms with Crippen LogP contribution in [0.25, 0.3) is 0 Å². The molecule has 1 N–H and O–H groups in total. The maximum absolute atomic E-state index is 12.4. The van der Waals surface area contributed by atoms with Gasteiger partial charge in [0.15, 0.2) is 0 Å². The van der Waals surface area contributed by atoms with Gasteiger partial charge in [0, 0.05) is 31.6 Å². The molecule has 0 bridgehead atoms. The normalized spacial score (nSPS) is 16.0. The monoisotopic (exact) mass is 274 g/mol. The van der Waals surface area contributed by atoms with Crippen molar-refractivity contribution in [3.63, 3.8) is 0 Å². The Morgan fingerprint density at radius 1 is 1.20 bits per heavy atom. The number of aryl methyl sites for hydroxylation is 1. The van der Waals surface area contributed by atoms with Crippen molar-refractivity contribution >= 4 is 11.8 Å². The molecule has 2 amide bonds. The number of piperidine rings is 1. The lowest BCUT2D eigenvalue weighted by molar-refractivity contribution is -0.125. The van der Waals surface area contributed by atoms with Crippen molar-refractivity contribution in [2.24, 2.45) is 5.92 Å². The molecule has 1 aromatic rings. The SMILES string of the molecule is CCc1ccc(C(=O)N2CCC(C(=O)NC)CC2)cc1. The lowest BCUT2D eigenvalue weighted by Crippen LogP contribution is -2.42. The predicted octanol–water partition coefficient (Wildman–Crippen LogP) is 1.85. The van der Waals surface area contributed by atoms with Gasteiger partial charge < -0.3 is 10.2 Å². The molecule has 0 radical (unpaired) electrons. The van der Waals surface area contributed by atoms with Gasteiger partial charge in [0.25, 0.3) is 5.91 Å². The first-order valence-corrected chi connectivity index (χ1v) is 7.25. The molecule has 1 aromatic carbocycles. The fourth-order valence-electron chi connectivity index (χ4n) is 2.61. The zero-order chi connectivity index (χ0) is 14.5. The summed E-state index contributed by atoms with van der Waals surface area (Å²) in [6.07, 6.45) is 2.48. The van der Waals surface area contributed by atoms with E-state index < -0.39 is 0 Å². The van der Waals surface area contributed by atoms with Gasteiger partial charge in [-0.1, -0.05) is 19.1 Å². The summed E-state index contributed by atoms with van der Waals surface area (Å²) in [5.74, 6) is 0.207. The Morgan fingerprint density at radius 3 is 2.30 bits per heavy atom. The second-order valence-electron chi connectivity index (χ2n) is 5.23. The van der Waals surface area contributed by atoms with Gasteiger partial charge in [-0.25, -0.2) is 0 Å². The second kappa shape index (κ2) is 6.55. The highest BCUT2D eigenvalue weighted by atomic mass is 16.2. The van der Waals surface area contributed by atoms with Crippen LogP contribution >= 0.6 is 0 Å².